The van der Waals surface area contributed by atoms with Crippen LogP contribution in [-0.4, -0.2) is 47.0 Å². The van der Waals surface area contributed by atoms with E-state index in [9.17, 15) is 4.79 Å². The van der Waals surface area contributed by atoms with Gasteiger partial charge in [-0.2, -0.15) is 0 Å². The number of amides is 1. The SMILES string of the molecule is O=C(C1CCN(c2nc(-c3ccccc3)c3ccccc3n2)CC1)N1CCCC1. The smallest absolute Gasteiger partial charge is 0.226 e. The van der Waals surface area contributed by atoms with Crippen LogP contribution < -0.4 is 4.90 Å². The number of piperidine rings is 1. The fraction of sp³-hybridized carbons (Fsp3) is 0.375. The van der Waals surface area contributed by atoms with E-state index in [4.69, 9.17) is 9.97 Å². The first-order valence-electron chi connectivity index (χ1n) is 10.7. The number of anilines is 1. The third-order valence-corrected chi connectivity index (χ3v) is 6.18. The van der Waals surface area contributed by atoms with Crippen LogP contribution in [0.3, 0.4) is 0 Å². The fourth-order valence-corrected chi connectivity index (χ4v) is 4.54. The fourth-order valence-electron chi connectivity index (χ4n) is 4.54. The molecule has 148 valence electrons. The van der Waals surface area contributed by atoms with E-state index in [2.05, 4.69) is 34.1 Å². The molecule has 5 rings (SSSR count). The van der Waals surface area contributed by atoms with Crippen LogP contribution in [0, 0.1) is 5.92 Å². The lowest BCUT2D eigenvalue weighted by Gasteiger charge is -2.33. The van der Waals surface area contributed by atoms with Crippen LogP contribution in [0.25, 0.3) is 22.2 Å². The number of carbonyl (C=O) groups excluding carboxylic acids is 1. The Bertz CT molecular complexity index is 1010. The summed E-state index contributed by atoms with van der Waals surface area (Å²) in [6.07, 6.45) is 4.06. The molecule has 2 saturated heterocycles. The number of hydrogen-bond acceptors (Lipinski definition) is 4. The molecule has 2 aliphatic heterocycles. The molecular formula is C24H26N4O. The van der Waals surface area contributed by atoms with Gasteiger partial charge in [-0.15, -0.1) is 0 Å². The van der Waals surface area contributed by atoms with Gasteiger partial charge in [-0.05, 0) is 31.7 Å². The molecular weight excluding hydrogens is 360 g/mol. The lowest BCUT2D eigenvalue weighted by molar-refractivity contribution is -0.135. The molecule has 0 saturated carbocycles. The highest BCUT2D eigenvalue weighted by molar-refractivity contribution is 5.93. The molecule has 0 atom stereocenters. The van der Waals surface area contributed by atoms with Crippen LogP contribution in [0.2, 0.25) is 0 Å². The highest BCUT2D eigenvalue weighted by Gasteiger charge is 2.30. The van der Waals surface area contributed by atoms with Crippen molar-refractivity contribution in [3.63, 3.8) is 0 Å². The van der Waals surface area contributed by atoms with Crippen LogP contribution in [0.4, 0.5) is 5.95 Å². The van der Waals surface area contributed by atoms with E-state index in [1.165, 1.54) is 0 Å². The molecule has 5 heteroatoms. The van der Waals surface area contributed by atoms with Crippen molar-refractivity contribution in [3.05, 3.63) is 54.6 Å². The first-order chi connectivity index (χ1) is 14.3. The zero-order valence-corrected chi connectivity index (χ0v) is 16.6. The minimum atomic E-state index is 0.151. The molecule has 2 aromatic carbocycles. The summed E-state index contributed by atoms with van der Waals surface area (Å²) in [6.45, 7) is 3.54. The van der Waals surface area contributed by atoms with Crippen molar-refractivity contribution in [2.24, 2.45) is 5.92 Å². The Balaban J connectivity index is 1.40. The van der Waals surface area contributed by atoms with E-state index >= 15 is 0 Å². The second-order valence-corrected chi connectivity index (χ2v) is 8.05. The minimum Gasteiger partial charge on any atom is -0.342 e. The molecule has 2 aliphatic rings. The molecule has 3 aromatic rings. The van der Waals surface area contributed by atoms with Gasteiger partial charge in [-0.3, -0.25) is 4.79 Å². The van der Waals surface area contributed by atoms with Crippen molar-refractivity contribution >= 4 is 22.8 Å². The number of nitrogens with zero attached hydrogens (tertiary/aromatic N) is 4. The van der Waals surface area contributed by atoms with Crippen molar-refractivity contribution in [1.29, 1.82) is 0 Å². The molecule has 0 N–H and O–H groups in total. The number of carbonyl (C=O) groups is 1. The van der Waals surface area contributed by atoms with Gasteiger partial charge in [-0.25, -0.2) is 9.97 Å². The summed E-state index contributed by atoms with van der Waals surface area (Å²) < 4.78 is 0. The van der Waals surface area contributed by atoms with Crippen LogP contribution in [0.15, 0.2) is 54.6 Å². The van der Waals surface area contributed by atoms with Gasteiger partial charge in [0.05, 0.1) is 11.2 Å². The van der Waals surface area contributed by atoms with E-state index in [1.807, 2.05) is 30.3 Å². The highest BCUT2D eigenvalue weighted by Crippen LogP contribution is 2.30. The van der Waals surface area contributed by atoms with Crippen molar-refractivity contribution in [2.45, 2.75) is 25.7 Å². The van der Waals surface area contributed by atoms with Gasteiger partial charge in [0, 0.05) is 43.0 Å². The Hall–Kier alpha value is -2.95. The van der Waals surface area contributed by atoms with E-state index in [1.54, 1.807) is 0 Å². The maximum Gasteiger partial charge on any atom is 0.226 e. The molecule has 1 amide bonds. The number of para-hydroxylation sites is 1. The second-order valence-electron chi connectivity index (χ2n) is 8.05. The summed E-state index contributed by atoms with van der Waals surface area (Å²) in [6, 6.07) is 18.5. The second kappa shape index (κ2) is 7.82. The molecule has 0 unspecified atom stereocenters. The van der Waals surface area contributed by atoms with Crippen LogP contribution in [0.5, 0.6) is 0 Å². The van der Waals surface area contributed by atoms with Crippen LogP contribution in [-0.2, 0) is 4.79 Å². The summed E-state index contributed by atoms with van der Waals surface area (Å²) in [5.41, 5.74) is 3.04. The predicted molar refractivity (Wildman–Crippen MR) is 116 cm³/mol. The first-order valence-corrected chi connectivity index (χ1v) is 10.7. The molecule has 1 aromatic heterocycles. The molecule has 29 heavy (non-hydrogen) atoms. The number of benzene rings is 2. The van der Waals surface area contributed by atoms with Crippen molar-refractivity contribution in [2.75, 3.05) is 31.1 Å². The summed E-state index contributed by atoms with van der Waals surface area (Å²) in [5, 5.41) is 1.07. The van der Waals surface area contributed by atoms with Crippen LogP contribution in [0.1, 0.15) is 25.7 Å². The van der Waals surface area contributed by atoms with Crippen molar-refractivity contribution < 1.29 is 4.79 Å². The van der Waals surface area contributed by atoms with Gasteiger partial charge in [0.1, 0.15) is 0 Å². The quantitative estimate of drug-likeness (QED) is 0.679. The average Bonchev–Trinajstić information content (AvgIpc) is 3.33. The number of hydrogen-bond donors (Lipinski definition) is 0. The zero-order valence-electron chi connectivity index (χ0n) is 16.6. The predicted octanol–water partition coefficient (Wildman–Crippen LogP) is 4.14. The van der Waals surface area contributed by atoms with E-state index < -0.39 is 0 Å². The maximum atomic E-state index is 12.7. The summed E-state index contributed by atoms with van der Waals surface area (Å²) in [7, 11) is 0. The van der Waals surface area contributed by atoms with Gasteiger partial charge >= 0.3 is 0 Å². The molecule has 0 aliphatic carbocycles. The van der Waals surface area contributed by atoms with E-state index in [-0.39, 0.29) is 5.92 Å². The Morgan fingerprint density at radius 2 is 1.52 bits per heavy atom. The first kappa shape index (κ1) is 18.1. The number of likely N-dealkylation sites (tertiary alicyclic amines) is 1. The average molecular weight is 386 g/mol. The monoisotopic (exact) mass is 386 g/mol. The summed E-state index contributed by atoms with van der Waals surface area (Å²) in [4.78, 5) is 26.8. The zero-order chi connectivity index (χ0) is 19.6. The molecule has 3 heterocycles. The van der Waals surface area contributed by atoms with Crippen LogP contribution >= 0.6 is 0 Å². The number of aromatic nitrogens is 2. The Morgan fingerprint density at radius 3 is 2.28 bits per heavy atom. The molecule has 2 fully saturated rings. The largest absolute Gasteiger partial charge is 0.342 e. The van der Waals surface area contributed by atoms with E-state index in [0.29, 0.717) is 5.91 Å². The Labute approximate surface area is 171 Å². The number of rotatable bonds is 3. The molecule has 0 spiro atoms. The van der Waals surface area contributed by atoms with Gasteiger partial charge in [0.2, 0.25) is 11.9 Å². The van der Waals surface area contributed by atoms with Crippen molar-refractivity contribution in [3.8, 4) is 11.3 Å². The minimum absolute atomic E-state index is 0.151. The van der Waals surface area contributed by atoms with Gasteiger partial charge in [0.15, 0.2) is 0 Å². The third kappa shape index (κ3) is 3.57. The molecule has 5 nitrogen and oxygen atoms in total. The molecule has 0 bridgehead atoms. The van der Waals surface area contributed by atoms with Crippen molar-refractivity contribution in [1.82, 2.24) is 14.9 Å². The lowest BCUT2D eigenvalue weighted by atomic mass is 9.95. The van der Waals surface area contributed by atoms with Gasteiger partial charge in [0.25, 0.3) is 0 Å². The normalized spacial score (nSPS) is 17.8. The Morgan fingerprint density at radius 1 is 0.828 bits per heavy atom. The highest BCUT2D eigenvalue weighted by atomic mass is 16.2. The third-order valence-electron chi connectivity index (χ3n) is 6.18. The standard InChI is InChI=1S/C24H26N4O/c29-23(27-14-6-7-15-27)19-12-16-28(17-13-19)24-25-21-11-5-4-10-20(21)22(26-24)18-8-2-1-3-9-18/h1-5,8-11,19H,6-7,12-17H2. The molecule has 0 radical (unpaired) electrons. The van der Waals surface area contributed by atoms with Gasteiger partial charge < -0.3 is 9.80 Å². The summed E-state index contributed by atoms with van der Waals surface area (Å²) >= 11 is 0. The number of fused-ring (bicyclic) bond motifs is 1. The topological polar surface area (TPSA) is 49.3 Å². The van der Waals surface area contributed by atoms with Gasteiger partial charge in [-0.1, -0.05) is 48.5 Å². The van der Waals surface area contributed by atoms with E-state index in [0.717, 1.165) is 80.0 Å². The maximum absolute atomic E-state index is 12.7. The Kier molecular flexibility index (Phi) is 4.88. The summed E-state index contributed by atoms with van der Waals surface area (Å²) in [5.74, 6) is 1.28. The lowest BCUT2D eigenvalue weighted by Crippen LogP contribution is -2.42.